The molecule has 0 saturated carbocycles. The highest BCUT2D eigenvalue weighted by Crippen LogP contribution is 2.27. The highest BCUT2D eigenvalue weighted by Gasteiger charge is 2.22. The van der Waals surface area contributed by atoms with Crippen molar-refractivity contribution < 1.29 is 9.53 Å². The Hall–Kier alpha value is -2.93. The molecule has 2 aromatic heterocycles. The number of methoxy groups -OCH3 is 1. The molecule has 1 amide bonds. The normalized spacial score (nSPS) is 14.2. The summed E-state index contributed by atoms with van der Waals surface area (Å²) in [5, 5.41) is 2.87. The number of benzene rings is 1. The van der Waals surface area contributed by atoms with E-state index < -0.39 is 0 Å². The van der Waals surface area contributed by atoms with Crippen molar-refractivity contribution in [3.8, 4) is 16.3 Å². The average molecular weight is 395 g/mol. The molecule has 0 atom stereocenters. The molecular formula is C21H22N4O2S. The summed E-state index contributed by atoms with van der Waals surface area (Å²) in [4.78, 5) is 25.9. The van der Waals surface area contributed by atoms with Crippen LogP contribution in [0, 0.1) is 0 Å². The van der Waals surface area contributed by atoms with E-state index in [-0.39, 0.29) is 5.91 Å². The Morgan fingerprint density at radius 1 is 1.14 bits per heavy atom. The number of carbonyl (C=O) groups excluding carboxylic acids is 1. The van der Waals surface area contributed by atoms with Crippen LogP contribution in [-0.2, 0) is 11.2 Å². The number of anilines is 1. The van der Waals surface area contributed by atoms with Gasteiger partial charge < -0.3 is 14.5 Å². The van der Waals surface area contributed by atoms with Crippen LogP contribution >= 0.6 is 11.3 Å². The van der Waals surface area contributed by atoms with Crippen LogP contribution in [0.2, 0.25) is 0 Å². The lowest BCUT2D eigenvalue weighted by molar-refractivity contribution is -0.130. The molecule has 1 aliphatic rings. The Morgan fingerprint density at radius 2 is 2.00 bits per heavy atom. The van der Waals surface area contributed by atoms with Crippen molar-refractivity contribution in [3.63, 3.8) is 0 Å². The Bertz CT molecular complexity index is 936. The summed E-state index contributed by atoms with van der Waals surface area (Å²) in [5.74, 6) is 1.90. The van der Waals surface area contributed by atoms with Gasteiger partial charge in [0.25, 0.3) is 0 Å². The topological polar surface area (TPSA) is 58.6 Å². The third-order valence-corrected chi connectivity index (χ3v) is 5.75. The van der Waals surface area contributed by atoms with Crippen LogP contribution in [0.4, 0.5) is 5.82 Å². The van der Waals surface area contributed by atoms with Crippen LogP contribution in [0.3, 0.4) is 0 Å². The summed E-state index contributed by atoms with van der Waals surface area (Å²) >= 11 is 1.55. The predicted molar refractivity (Wildman–Crippen MR) is 111 cm³/mol. The Morgan fingerprint density at radius 3 is 2.75 bits per heavy atom. The molecule has 1 saturated heterocycles. The molecule has 0 bridgehead atoms. The lowest BCUT2D eigenvalue weighted by atomic mass is 10.2. The third-order valence-electron chi connectivity index (χ3n) is 4.81. The number of thiazole rings is 1. The monoisotopic (exact) mass is 394 g/mol. The number of rotatable bonds is 5. The van der Waals surface area contributed by atoms with E-state index in [0.717, 1.165) is 40.9 Å². The first kappa shape index (κ1) is 18.4. The molecular weight excluding hydrogens is 372 g/mol. The quantitative estimate of drug-likeness (QED) is 0.666. The molecule has 0 spiro atoms. The second-order valence-electron chi connectivity index (χ2n) is 6.61. The molecule has 0 radical (unpaired) electrons. The number of aromatic nitrogens is 2. The molecule has 1 fully saturated rings. The molecule has 3 aromatic rings. The lowest BCUT2D eigenvalue weighted by Gasteiger charge is -2.35. The average Bonchev–Trinajstić information content (AvgIpc) is 3.23. The number of carbonyl (C=O) groups is 1. The summed E-state index contributed by atoms with van der Waals surface area (Å²) in [6.45, 7) is 3.02. The second kappa shape index (κ2) is 8.39. The van der Waals surface area contributed by atoms with Crippen molar-refractivity contribution in [2.45, 2.75) is 6.42 Å². The van der Waals surface area contributed by atoms with Crippen molar-refractivity contribution in [2.24, 2.45) is 0 Å². The zero-order valence-electron chi connectivity index (χ0n) is 15.7. The largest absolute Gasteiger partial charge is 0.497 e. The number of amides is 1. The van der Waals surface area contributed by atoms with E-state index in [4.69, 9.17) is 4.74 Å². The summed E-state index contributed by atoms with van der Waals surface area (Å²) in [6, 6.07) is 13.7. The zero-order chi connectivity index (χ0) is 19.3. The highest BCUT2D eigenvalue weighted by molar-refractivity contribution is 7.13. The second-order valence-corrected chi connectivity index (χ2v) is 7.47. The molecule has 28 heavy (non-hydrogen) atoms. The summed E-state index contributed by atoms with van der Waals surface area (Å²) in [6.07, 6.45) is 2.14. The number of ether oxygens (including phenoxy) is 1. The third kappa shape index (κ3) is 4.14. The zero-order valence-corrected chi connectivity index (χ0v) is 16.6. The minimum absolute atomic E-state index is 0.128. The van der Waals surface area contributed by atoms with Gasteiger partial charge in [-0.05, 0) is 24.3 Å². The molecule has 0 unspecified atom stereocenters. The van der Waals surface area contributed by atoms with Gasteiger partial charge in [0.05, 0.1) is 19.2 Å². The Kier molecular flexibility index (Phi) is 5.53. The van der Waals surface area contributed by atoms with Gasteiger partial charge in [0, 0.05) is 43.3 Å². The SMILES string of the molecule is COc1cccc(-c2nc(CC(=O)N3CCN(c4ccccn4)CC3)cs2)c1. The van der Waals surface area contributed by atoms with Crippen molar-refractivity contribution in [1.29, 1.82) is 0 Å². The maximum atomic E-state index is 12.7. The smallest absolute Gasteiger partial charge is 0.228 e. The van der Waals surface area contributed by atoms with E-state index in [2.05, 4.69) is 14.9 Å². The predicted octanol–water partition coefficient (Wildman–Crippen LogP) is 3.11. The molecule has 144 valence electrons. The highest BCUT2D eigenvalue weighted by atomic mass is 32.1. The van der Waals surface area contributed by atoms with E-state index in [0.29, 0.717) is 19.5 Å². The van der Waals surface area contributed by atoms with Gasteiger partial charge in [-0.2, -0.15) is 0 Å². The molecule has 4 rings (SSSR count). The van der Waals surface area contributed by atoms with Gasteiger partial charge in [0.1, 0.15) is 16.6 Å². The summed E-state index contributed by atoms with van der Waals surface area (Å²) in [5.41, 5.74) is 1.83. The van der Waals surface area contributed by atoms with Crippen LogP contribution in [0.5, 0.6) is 5.75 Å². The van der Waals surface area contributed by atoms with Gasteiger partial charge >= 0.3 is 0 Å². The number of pyridine rings is 1. The first-order valence-corrected chi connectivity index (χ1v) is 10.1. The van der Waals surface area contributed by atoms with Crippen molar-refractivity contribution >= 4 is 23.1 Å². The first-order valence-electron chi connectivity index (χ1n) is 9.25. The molecule has 1 aromatic carbocycles. The van der Waals surface area contributed by atoms with Crippen molar-refractivity contribution in [2.75, 3.05) is 38.2 Å². The van der Waals surface area contributed by atoms with E-state index in [9.17, 15) is 4.79 Å². The van der Waals surface area contributed by atoms with Crippen LogP contribution in [0.15, 0.2) is 54.0 Å². The molecule has 3 heterocycles. The Labute approximate surface area is 168 Å². The van der Waals surface area contributed by atoms with Crippen LogP contribution in [0.25, 0.3) is 10.6 Å². The fraction of sp³-hybridized carbons (Fsp3) is 0.286. The van der Waals surface area contributed by atoms with Crippen LogP contribution in [0.1, 0.15) is 5.69 Å². The van der Waals surface area contributed by atoms with E-state index in [1.54, 1.807) is 24.6 Å². The molecule has 0 aliphatic carbocycles. The van der Waals surface area contributed by atoms with Crippen LogP contribution < -0.4 is 9.64 Å². The van der Waals surface area contributed by atoms with Gasteiger partial charge in [-0.1, -0.05) is 18.2 Å². The van der Waals surface area contributed by atoms with Gasteiger partial charge in [-0.3, -0.25) is 4.79 Å². The van der Waals surface area contributed by atoms with Crippen LogP contribution in [-0.4, -0.2) is 54.1 Å². The number of nitrogens with zero attached hydrogens (tertiary/aromatic N) is 4. The fourth-order valence-corrected chi connectivity index (χ4v) is 4.09. The molecule has 7 heteroatoms. The minimum atomic E-state index is 0.128. The summed E-state index contributed by atoms with van der Waals surface area (Å²) < 4.78 is 5.28. The maximum absolute atomic E-state index is 12.7. The van der Waals surface area contributed by atoms with Crippen molar-refractivity contribution in [1.82, 2.24) is 14.9 Å². The van der Waals surface area contributed by atoms with Gasteiger partial charge in [0.2, 0.25) is 5.91 Å². The molecule has 1 aliphatic heterocycles. The van der Waals surface area contributed by atoms with E-state index in [1.165, 1.54) is 0 Å². The lowest BCUT2D eigenvalue weighted by Crippen LogP contribution is -2.49. The molecule has 6 nitrogen and oxygen atoms in total. The van der Waals surface area contributed by atoms with E-state index in [1.807, 2.05) is 52.7 Å². The fourth-order valence-electron chi connectivity index (χ4n) is 3.27. The maximum Gasteiger partial charge on any atom is 0.228 e. The minimum Gasteiger partial charge on any atom is -0.497 e. The Balaban J connectivity index is 1.35. The van der Waals surface area contributed by atoms with E-state index >= 15 is 0 Å². The number of hydrogen-bond donors (Lipinski definition) is 0. The number of hydrogen-bond acceptors (Lipinski definition) is 6. The van der Waals surface area contributed by atoms with Gasteiger partial charge in [0.15, 0.2) is 0 Å². The first-order chi connectivity index (χ1) is 13.7. The standard InChI is InChI=1S/C21H22N4O2S/c1-27-18-6-4-5-16(13-18)21-23-17(15-28-21)14-20(26)25-11-9-24(10-12-25)19-7-2-3-8-22-19/h2-8,13,15H,9-12,14H2,1H3. The molecule has 0 N–H and O–H groups in total. The summed E-state index contributed by atoms with van der Waals surface area (Å²) in [7, 11) is 1.65. The van der Waals surface area contributed by atoms with Gasteiger partial charge in [-0.15, -0.1) is 11.3 Å². The number of piperazine rings is 1. The van der Waals surface area contributed by atoms with Crippen molar-refractivity contribution in [3.05, 3.63) is 59.7 Å². The van der Waals surface area contributed by atoms with Gasteiger partial charge in [-0.25, -0.2) is 9.97 Å².